The standard InChI is InChI=1S/C20H21N5/c1-14(2)23-19-17(18(21)15-9-5-3-6-10-15)13-22-20(25-19)24-16-11-7-4-8-12-16/h3-14,21H,1-2H3,(H2,22,23,24,25). The third-order valence-electron chi connectivity index (χ3n) is 3.58. The van der Waals surface area contributed by atoms with Crippen molar-refractivity contribution in [2.45, 2.75) is 19.9 Å². The predicted molar refractivity (Wildman–Crippen MR) is 103 cm³/mol. The highest BCUT2D eigenvalue weighted by Crippen LogP contribution is 2.21. The van der Waals surface area contributed by atoms with Crippen molar-refractivity contribution in [1.82, 2.24) is 9.97 Å². The maximum absolute atomic E-state index is 8.51. The Morgan fingerprint density at radius 1 is 0.960 bits per heavy atom. The minimum absolute atomic E-state index is 0.196. The van der Waals surface area contributed by atoms with Gasteiger partial charge in [0.2, 0.25) is 5.95 Å². The molecule has 0 fully saturated rings. The molecule has 0 amide bonds. The summed E-state index contributed by atoms with van der Waals surface area (Å²) >= 11 is 0. The zero-order valence-corrected chi connectivity index (χ0v) is 14.3. The van der Waals surface area contributed by atoms with Crippen LogP contribution in [0, 0.1) is 5.41 Å². The highest BCUT2D eigenvalue weighted by Gasteiger charge is 2.14. The van der Waals surface area contributed by atoms with Gasteiger partial charge in [-0.15, -0.1) is 0 Å². The molecule has 0 bridgehead atoms. The lowest BCUT2D eigenvalue weighted by atomic mass is 10.0. The van der Waals surface area contributed by atoms with Crippen LogP contribution in [-0.4, -0.2) is 21.7 Å². The van der Waals surface area contributed by atoms with Crippen molar-refractivity contribution in [3.8, 4) is 0 Å². The maximum Gasteiger partial charge on any atom is 0.229 e. The van der Waals surface area contributed by atoms with E-state index in [1.54, 1.807) is 6.20 Å². The molecule has 3 aromatic rings. The van der Waals surface area contributed by atoms with Crippen LogP contribution in [0.25, 0.3) is 0 Å². The van der Waals surface area contributed by atoms with Crippen molar-refractivity contribution in [3.63, 3.8) is 0 Å². The van der Waals surface area contributed by atoms with Crippen LogP contribution in [0.5, 0.6) is 0 Å². The number of rotatable bonds is 6. The van der Waals surface area contributed by atoms with Crippen LogP contribution in [0.4, 0.5) is 17.5 Å². The number of nitrogens with zero attached hydrogens (tertiary/aromatic N) is 2. The van der Waals surface area contributed by atoms with E-state index < -0.39 is 0 Å². The first-order chi connectivity index (χ1) is 12.1. The van der Waals surface area contributed by atoms with E-state index in [-0.39, 0.29) is 6.04 Å². The van der Waals surface area contributed by atoms with Crippen LogP contribution in [0.3, 0.4) is 0 Å². The molecule has 5 heteroatoms. The third kappa shape index (κ3) is 4.20. The molecule has 5 nitrogen and oxygen atoms in total. The summed E-state index contributed by atoms with van der Waals surface area (Å²) in [5.41, 5.74) is 2.83. The molecular formula is C20H21N5. The fraction of sp³-hybridized carbons (Fsp3) is 0.150. The Hall–Kier alpha value is -3.21. The molecule has 1 aromatic heterocycles. The van der Waals surface area contributed by atoms with Gasteiger partial charge in [0, 0.05) is 23.5 Å². The molecule has 0 unspecified atom stereocenters. The molecule has 2 aromatic carbocycles. The average molecular weight is 331 g/mol. The molecule has 0 saturated carbocycles. The minimum Gasteiger partial charge on any atom is -0.367 e. The van der Waals surface area contributed by atoms with E-state index in [9.17, 15) is 0 Å². The van der Waals surface area contributed by atoms with Gasteiger partial charge >= 0.3 is 0 Å². The summed E-state index contributed by atoms with van der Waals surface area (Å²) in [7, 11) is 0. The SMILES string of the molecule is CC(C)Nc1nc(Nc2ccccc2)ncc1C(=N)c1ccccc1. The Balaban J connectivity index is 1.94. The van der Waals surface area contributed by atoms with Crippen molar-refractivity contribution in [1.29, 1.82) is 5.41 Å². The van der Waals surface area contributed by atoms with Gasteiger partial charge < -0.3 is 10.6 Å². The van der Waals surface area contributed by atoms with Gasteiger partial charge in [0.05, 0.1) is 11.3 Å². The van der Waals surface area contributed by atoms with E-state index >= 15 is 0 Å². The van der Waals surface area contributed by atoms with E-state index in [4.69, 9.17) is 5.41 Å². The van der Waals surface area contributed by atoms with E-state index in [1.165, 1.54) is 0 Å². The Morgan fingerprint density at radius 3 is 2.24 bits per heavy atom. The summed E-state index contributed by atoms with van der Waals surface area (Å²) in [4.78, 5) is 8.97. The molecule has 0 atom stereocenters. The van der Waals surface area contributed by atoms with Gasteiger partial charge in [0.25, 0.3) is 0 Å². The highest BCUT2D eigenvalue weighted by atomic mass is 15.1. The fourth-order valence-corrected chi connectivity index (χ4v) is 2.42. The molecule has 0 aliphatic rings. The normalized spacial score (nSPS) is 10.5. The largest absolute Gasteiger partial charge is 0.367 e. The van der Waals surface area contributed by atoms with E-state index in [0.717, 1.165) is 11.3 Å². The topological polar surface area (TPSA) is 73.7 Å². The van der Waals surface area contributed by atoms with Gasteiger partial charge in [0.1, 0.15) is 5.82 Å². The van der Waals surface area contributed by atoms with Crippen LogP contribution in [0.2, 0.25) is 0 Å². The Kier molecular flexibility index (Phi) is 5.04. The van der Waals surface area contributed by atoms with Crippen LogP contribution in [0.15, 0.2) is 66.9 Å². The second kappa shape index (κ2) is 7.57. The lowest BCUT2D eigenvalue weighted by Gasteiger charge is -2.16. The van der Waals surface area contributed by atoms with Crippen molar-refractivity contribution in [2.75, 3.05) is 10.6 Å². The number of hydrogen-bond donors (Lipinski definition) is 3. The van der Waals surface area contributed by atoms with Crippen LogP contribution in [-0.2, 0) is 0 Å². The summed E-state index contributed by atoms with van der Waals surface area (Å²) < 4.78 is 0. The van der Waals surface area contributed by atoms with Gasteiger partial charge in [-0.25, -0.2) is 4.98 Å². The average Bonchev–Trinajstić information content (AvgIpc) is 2.62. The zero-order chi connectivity index (χ0) is 17.6. The second-order valence-corrected chi connectivity index (χ2v) is 5.99. The monoisotopic (exact) mass is 331 g/mol. The number of para-hydroxylation sites is 1. The summed E-state index contributed by atoms with van der Waals surface area (Å²) in [6.07, 6.45) is 1.69. The zero-order valence-electron chi connectivity index (χ0n) is 14.3. The molecule has 0 saturated heterocycles. The molecule has 0 spiro atoms. The third-order valence-corrected chi connectivity index (χ3v) is 3.58. The Bertz CT molecular complexity index is 844. The van der Waals surface area contributed by atoms with Gasteiger partial charge in [-0.1, -0.05) is 48.5 Å². The molecule has 0 radical (unpaired) electrons. The molecule has 25 heavy (non-hydrogen) atoms. The van der Waals surface area contributed by atoms with Crippen molar-refractivity contribution in [2.24, 2.45) is 0 Å². The first-order valence-electron chi connectivity index (χ1n) is 8.23. The highest BCUT2D eigenvalue weighted by molar-refractivity contribution is 6.13. The number of benzene rings is 2. The van der Waals surface area contributed by atoms with Crippen LogP contribution in [0.1, 0.15) is 25.0 Å². The Labute approximate surface area is 147 Å². The molecular weight excluding hydrogens is 310 g/mol. The lowest BCUT2D eigenvalue weighted by Crippen LogP contribution is -2.17. The quantitative estimate of drug-likeness (QED) is 0.583. The number of nitrogens with one attached hydrogen (secondary N) is 3. The maximum atomic E-state index is 8.51. The predicted octanol–water partition coefficient (Wildman–Crippen LogP) is 4.46. The van der Waals surface area contributed by atoms with Gasteiger partial charge in [-0.2, -0.15) is 4.98 Å². The fourth-order valence-electron chi connectivity index (χ4n) is 2.42. The summed E-state index contributed by atoms with van der Waals surface area (Å²) in [5.74, 6) is 1.15. The van der Waals surface area contributed by atoms with Gasteiger partial charge in [0.15, 0.2) is 0 Å². The molecule has 126 valence electrons. The first-order valence-corrected chi connectivity index (χ1v) is 8.23. The van der Waals surface area contributed by atoms with E-state index in [2.05, 4.69) is 20.6 Å². The molecule has 3 N–H and O–H groups in total. The van der Waals surface area contributed by atoms with Crippen LogP contribution < -0.4 is 10.6 Å². The van der Waals surface area contributed by atoms with Crippen molar-refractivity contribution >= 4 is 23.2 Å². The summed E-state index contributed by atoms with van der Waals surface area (Å²) in [6, 6.07) is 19.6. The van der Waals surface area contributed by atoms with Gasteiger partial charge in [-0.3, -0.25) is 5.41 Å². The minimum atomic E-state index is 0.196. The summed E-state index contributed by atoms with van der Waals surface area (Å²) in [6.45, 7) is 4.09. The number of hydrogen-bond acceptors (Lipinski definition) is 5. The van der Waals surface area contributed by atoms with E-state index in [1.807, 2.05) is 74.5 Å². The van der Waals surface area contributed by atoms with E-state index in [0.29, 0.717) is 23.0 Å². The molecule has 3 rings (SSSR count). The number of anilines is 3. The first kappa shape index (κ1) is 16.6. The van der Waals surface area contributed by atoms with Crippen LogP contribution >= 0.6 is 0 Å². The molecule has 0 aliphatic carbocycles. The number of aromatic nitrogens is 2. The van der Waals surface area contributed by atoms with Crippen molar-refractivity contribution < 1.29 is 0 Å². The van der Waals surface area contributed by atoms with Crippen molar-refractivity contribution in [3.05, 3.63) is 78.0 Å². The summed E-state index contributed by atoms with van der Waals surface area (Å²) in [5, 5.41) is 15.0. The Morgan fingerprint density at radius 2 is 1.60 bits per heavy atom. The second-order valence-electron chi connectivity index (χ2n) is 5.99. The smallest absolute Gasteiger partial charge is 0.229 e. The lowest BCUT2D eigenvalue weighted by molar-refractivity contribution is 0.886. The molecule has 1 heterocycles. The molecule has 0 aliphatic heterocycles. The van der Waals surface area contributed by atoms with Gasteiger partial charge in [-0.05, 0) is 26.0 Å².